The number of nitrogens with one attached hydrogen (secondary N) is 1. The third-order valence-corrected chi connectivity index (χ3v) is 5.55. The van der Waals surface area contributed by atoms with E-state index in [9.17, 15) is 4.79 Å². The zero-order valence-corrected chi connectivity index (χ0v) is 16.3. The van der Waals surface area contributed by atoms with Crippen LogP contribution in [0.3, 0.4) is 0 Å². The minimum Gasteiger partial charge on any atom is -0.302 e. The monoisotopic (exact) mass is 369 g/mol. The van der Waals surface area contributed by atoms with Crippen LogP contribution in [0.1, 0.15) is 59.4 Å². The second kappa shape index (κ2) is 7.78. The van der Waals surface area contributed by atoms with Crippen molar-refractivity contribution in [3.63, 3.8) is 0 Å². The number of nitrogens with zero attached hydrogens (tertiary/aromatic N) is 4. The predicted molar refractivity (Wildman–Crippen MR) is 104 cm³/mol. The molecule has 3 aromatic heterocycles. The number of aryl methyl sites for hydroxylation is 1. The molecule has 7 heteroatoms. The number of rotatable bonds is 6. The summed E-state index contributed by atoms with van der Waals surface area (Å²) in [6.07, 6.45) is 3.78. The van der Waals surface area contributed by atoms with E-state index in [0.717, 1.165) is 35.1 Å². The summed E-state index contributed by atoms with van der Waals surface area (Å²) in [6, 6.07) is 7.61. The maximum absolute atomic E-state index is 12.7. The van der Waals surface area contributed by atoms with Crippen molar-refractivity contribution < 1.29 is 4.79 Å². The van der Waals surface area contributed by atoms with Crippen LogP contribution in [0.25, 0.3) is 5.82 Å². The van der Waals surface area contributed by atoms with Gasteiger partial charge in [0, 0.05) is 23.5 Å². The van der Waals surface area contributed by atoms with Crippen molar-refractivity contribution >= 4 is 22.4 Å². The van der Waals surface area contributed by atoms with Crippen LogP contribution in [0, 0.1) is 13.8 Å². The summed E-state index contributed by atoms with van der Waals surface area (Å²) in [4.78, 5) is 17.1. The molecule has 0 aliphatic carbocycles. The van der Waals surface area contributed by atoms with Crippen molar-refractivity contribution in [2.45, 2.75) is 46.5 Å². The summed E-state index contributed by atoms with van der Waals surface area (Å²) >= 11 is 1.45. The number of anilines is 1. The molecule has 0 bridgehead atoms. The Kier molecular flexibility index (Phi) is 5.46. The average molecular weight is 369 g/mol. The lowest BCUT2D eigenvalue weighted by atomic mass is 10.1. The quantitative estimate of drug-likeness (QED) is 0.694. The summed E-state index contributed by atoms with van der Waals surface area (Å²) in [6.45, 7) is 8.17. The van der Waals surface area contributed by atoms with Gasteiger partial charge in [0.05, 0.1) is 5.56 Å². The Hall–Kier alpha value is -2.54. The van der Waals surface area contributed by atoms with Crippen molar-refractivity contribution in [2.24, 2.45) is 0 Å². The molecule has 0 spiro atoms. The number of aromatic nitrogens is 4. The van der Waals surface area contributed by atoms with Crippen molar-refractivity contribution in [1.29, 1.82) is 0 Å². The van der Waals surface area contributed by atoms with E-state index < -0.39 is 0 Å². The van der Waals surface area contributed by atoms with Gasteiger partial charge in [-0.15, -0.1) is 10.2 Å². The van der Waals surface area contributed by atoms with E-state index in [1.165, 1.54) is 11.3 Å². The fourth-order valence-electron chi connectivity index (χ4n) is 3.08. The summed E-state index contributed by atoms with van der Waals surface area (Å²) in [5, 5.41) is 12.8. The van der Waals surface area contributed by atoms with Crippen molar-refractivity contribution in [2.75, 3.05) is 5.32 Å². The summed E-state index contributed by atoms with van der Waals surface area (Å²) in [5.41, 5.74) is 2.43. The highest BCUT2D eigenvalue weighted by Crippen LogP contribution is 2.28. The summed E-state index contributed by atoms with van der Waals surface area (Å²) in [5.74, 6) is 1.02. The molecule has 1 N–H and O–H groups in total. The van der Waals surface area contributed by atoms with Crippen LogP contribution in [-0.4, -0.2) is 25.7 Å². The highest BCUT2D eigenvalue weighted by Gasteiger charge is 2.19. The smallest absolute Gasteiger partial charge is 0.259 e. The second-order valence-electron chi connectivity index (χ2n) is 6.22. The number of hydrogen-bond donors (Lipinski definition) is 1. The highest BCUT2D eigenvalue weighted by molar-refractivity contribution is 7.15. The van der Waals surface area contributed by atoms with Gasteiger partial charge < -0.3 is 4.57 Å². The first-order valence-electron chi connectivity index (χ1n) is 8.80. The molecule has 3 rings (SSSR count). The highest BCUT2D eigenvalue weighted by atomic mass is 32.1. The zero-order valence-electron chi connectivity index (χ0n) is 15.5. The molecule has 26 heavy (non-hydrogen) atoms. The first kappa shape index (κ1) is 18.3. The van der Waals surface area contributed by atoms with Crippen LogP contribution in [0.2, 0.25) is 0 Å². The van der Waals surface area contributed by atoms with E-state index in [4.69, 9.17) is 0 Å². The fraction of sp³-hybridized carbons (Fsp3) is 0.368. The molecule has 0 fully saturated rings. The molecule has 6 nitrogen and oxygen atoms in total. The molecule has 0 saturated heterocycles. The number of hydrogen-bond acceptors (Lipinski definition) is 5. The molecular weight excluding hydrogens is 346 g/mol. The van der Waals surface area contributed by atoms with Gasteiger partial charge in [0.15, 0.2) is 0 Å². The maximum Gasteiger partial charge on any atom is 0.259 e. The van der Waals surface area contributed by atoms with Crippen LogP contribution < -0.4 is 5.32 Å². The topological polar surface area (TPSA) is 72.7 Å². The molecule has 136 valence electrons. The molecule has 0 atom stereocenters. The van der Waals surface area contributed by atoms with E-state index in [0.29, 0.717) is 16.6 Å². The minimum absolute atomic E-state index is 0.174. The van der Waals surface area contributed by atoms with E-state index in [-0.39, 0.29) is 5.91 Å². The van der Waals surface area contributed by atoms with Crippen LogP contribution in [-0.2, 0) is 0 Å². The maximum atomic E-state index is 12.7. The second-order valence-corrected chi connectivity index (χ2v) is 7.23. The molecule has 0 unspecified atom stereocenters. The number of amides is 1. The summed E-state index contributed by atoms with van der Waals surface area (Å²) < 4.78 is 1.98. The van der Waals surface area contributed by atoms with E-state index in [2.05, 4.69) is 34.3 Å². The molecule has 0 aliphatic rings. The van der Waals surface area contributed by atoms with Crippen LogP contribution >= 0.6 is 11.3 Å². The molecule has 1 amide bonds. The average Bonchev–Trinajstić information content (AvgIpc) is 3.21. The number of carbonyl (C=O) groups is 1. The Morgan fingerprint density at radius 2 is 2.00 bits per heavy atom. The molecule has 0 saturated carbocycles. The standard InChI is InChI=1S/C19H23N5OS/c1-5-14(6-2)18-22-23-19(26-18)21-17(25)15-11-12(3)24(13(15)4)16-9-7-8-10-20-16/h7-11,14H,5-6H2,1-4H3,(H,21,23,25). The van der Waals surface area contributed by atoms with Crippen LogP contribution in [0.4, 0.5) is 5.13 Å². The van der Waals surface area contributed by atoms with Gasteiger partial charge >= 0.3 is 0 Å². The lowest BCUT2D eigenvalue weighted by Crippen LogP contribution is -2.13. The van der Waals surface area contributed by atoms with Gasteiger partial charge in [-0.3, -0.25) is 10.1 Å². The predicted octanol–water partition coefficient (Wildman–Crippen LogP) is 4.50. The van der Waals surface area contributed by atoms with Crippen LogP contribution in [0.5, 0.6) is 0 Å². The van der Waals surface area contributed by atoms with Gasteiger partial charge in [0.25, 0.3) is 5.91 Å². The fourth-order valence-corrected chi connectivity index (χ4v) is 4.09. The molecule has 3 aromatic rings. The lowest BCUT2D eigenvalue weighted by Gasteiger charge is -2.08. The Labute approximate surface area is 157 Å². The Balaban J connectivity index is 1.83. The Morgan fingerprint density at radius 3 is 2.65 bits per heavy atom. The van der Waals surface area contributed by atoms with Gasteiger partial charge in [-0.2, -0.15) is 0 Å². The molecule has 0 aromatic carbocycles. The SMILES string of the molecule is CCC(CC)c1nnc(NC(=O)c2cc(C)n(-c3ccccn3)c2C)s1. The van der Waals surface area contributed by atoms with Gasteiger partial charge in [0.1, 0.15) is 10.8 Å². The van der Waals surface area contributed by atoms with E-state index in [1.54, 1.807) is 6.20 Å². The van der Waals surface area contributed by atoms with Crippen molar-refractivity contribution in [1.82, 2.24) is 19.7 Å². The van der Waals surface area contributed by atoms with Crippen LogP contribution in [0.15, 0.2) is 30.5 Å². The zero-order chi connectivity index (χ0) is 18.7. The molecule has 0 aliphatic heterocycles. The molecule has 3 heterocycles. The Morgan fingerprint density at radius 1 is 1.23 bits per heavy atom. The Bertz CT molecular complexity index is 896. The first-order chi connectivity index (χ1) is 12.5. The van der Waals surface area contributed by atoms with E-state index >= 15 is 0 Å². The number of pyridine rings is 1. The largest absolute Gasteiger partial charge is 0.302 e. The summed E-state index contributed by atoms with van der Waals surface area (Å²) in [7, 11) is 0. The van der Waals surface area contributed by atoms with Crippen molar-refractivity contribution in [3.8, 4) is 5.82 Å². The van der Waals surface area contributed by atoms with Gasteiger partial charge in [-0.1, -0.05) is 31.3 Å². The normalized spacial score (nSPS) is 11.1. The lowest BCUT2D eigenvalue weighted by molar-refractivity contribution is 0.102. The van der Waals surface area contributed by atoms with Gasteiger partial charge in [0.2, 0.25) is 5.13 Å². The molecular formula is C19H23N5OS. The number of carbonyl (C=O) groups excluding carboxylic acids is 1. The third-order valence-electron chi connectivity index (χ3n) is 4.55. The third kappa shape index (κ3) is 3.53. The van der Waals surface area contributed by atoms with Gasteiger partial charge in [-0.05, 0) is 44.9 Å². The minimum atomic E-state index is -0.174. The van der Waals surface area contributed by atoms with Crippen molar-refractivity contribution in [3.05, 3.63) is 52.4 Å². The van der Waals surface area contributed by atoms with E-state index in [1.807, 2.05) is 42.7 Å². The van der Waals surface area contributed by atoms with Gasteiger partial charge in [-0.25, -0.2) is 4.98 Å². The molecule has 0 radical (unpaired) electrons. The first-order valence-corrected chi connectivity index (χ1v) is 9.61.